The van der Waals surface area contributed by atoms with Crippen molar-refractivity contribution in [2.45, 2.75) is 20.3 Å². The van der Waals surface area contributed by atoms with E-state index in [-0.39, 0.29) is 0 Å². The van der Waals surface area contributed by atoms with E-state index in [0.717, 1.165) is 17.9 Å². The molecule has 136 valence electrons. The van der Waals surface area contributed by atoms with Crippen LogP contribution in [0.2, 0.25) is 0 Å². The zero-order valence-corrected chi connectivity index (χ0v) is 16.2. The lowest BCUT2D eigenvalue weighted by Gasteiger charge is -2.22. The zero-order valence-electron chi connectivity index (χ0n) is 16.2. The fourth-order valence-corrected chi connectivity index (χ4v) is 3.81. The van der Waals surface area contributed by atoms with Crippen molar-refractivity contribution in [1.29, 1.82) is 0 Å². The lowest BCUT2D eigenvalue weighted by Crippen LogP contribution is -2.03. The van der Waals surface area contributed by atoms with Crippen LogP contribution >= 0.6 is 0 Å². The van der Waals surface area contributed by atoms with Crippen molar-refractivity contribution >= 4 is 0 Å². The Kier molecular flexibility index (Phi) is 4.02. The largest absolute Gasteiger partial charge is 0.457 e. The van der Waals surface area contributed by atoms with Crippen molar-refractivity contribution in [3.63, 3.8) is 0 Å². The van der Waals surface area contributed by atoms with E-state index in [1.807, 2.05) is 0 Å². The first-order valence-electron chi connectivity index (χ1n) is 9.73. The fraction of sp³-hybridized carbons (Fsp3) is 0.111. The van der Waals surface area contributed by atoms with E-state index in [2.05, 4.69) is 98.8 Å². The van der Waals surface area contributed by atoms with E-state index in [1.54, 1.807) is 0 Å². The molecule has 1 aliphatic heterocycles. The Morgan fingerprint density at radius 3 is 1.32 bits per heavy atom. The number of hydrogen-bond donors (Lipinski definition) is 0. The van der Waals surface area contributed by atoms with Crippen LogP contribution in [0.5, 0.6) is 11.5 Å². The molecule has 4 aromatic rings. The maximum atomic E-state index is 6.20. The molecule has 0 aromatic heterocycles. The molecule has 1 aliphatic rings. The lowest BCUT2D eigenvalue weighted by molar-refractivity contribution is 0.460. The molecule has 5 rings (SSSR count). The van der Waals surface area contributed by atoms with Gasteiger partial charge in [-0.25, -0.2) is 0 Å². The van der Waals surface area contributed by atoms with Crippen LogP contribution in [0.1, 0.15) is 22.3 Å². The van der Waals surface area contributed by atoms with Gasteiger partial charge in [0, 0.05) is 6.42 Å². The van der Waals surface area contributed by atoms with Gasteiger partial charge in [0.1, 0.15) is 11.5 Å². The van der Waals surface area contributed by atoms with Crippen molar-refractivity contribution in [2.24, 2.45) is 0 Å². The number of aryl methyl sites for hydroxylation is 2. The highest BCUT2D eigenvalue weighted by Crippen LogP contribution is 2.40. The molecule has 0 amide bonds. The smallest absolute Gasteiger partial charge is 0.131 e. The summed E-state index contributed by atoms with van der Waals surface area (Å²) in [5, 5.41) is 0. The second kappa shape index (κ2) is 6.69. The molecule has 1 heterocycles. The standard InChI is InChI=1S/C27H22O/c1-18-3-7-20(8-4-18)22-11-13-26-24(15-22)17-25-16-23(12-14-27(25)28-26)21-9-5-19(2)6-10-21/h3-16H,17H2,1-2H3. The highest BCUT2D eigenvalue weighted by molar-refractivity contribution is 5.70. The van der Waals surface area contributed by atoms with Crippen LogP contribution in [0.25, 0.3) is 22.3 Å². The first-order chi connectivity index (χ1) is 13.7. The first kappa shape index (κ1) is 16.8. The van der Waals surface area contributed by atoms with Crippen LogP contribution < -0.4 is 4.74 Å². The highest BCUT2D eigenvalue weighted by atomic mass is 16.5. The molecular formula is C27H22O. The van der Waals surface area contributed by atoms with E-state index in [9.17, 15) is 0 Å². The summed E-state index contributed by atoms with van der Waals surface area (Å²) in [7, 11) is 0. The van der Waals surface area contributed by atoms with Crippen molar-refractivity contribution in [2.75, 3.05) is 0 Å². The molecule has 0 spiro atoms. The third kappa shape index (κ3) is 3.10. The van der Waals surface area contributed by atoms with Crippen LogP contribution in [0.15, 0.2) is 84.9 Å². The Balaban J connectivity index is 1.49. The minimum atomic E-state index is 0.893. The Bertz CT molecular complexity index is 1060. The number of hydrogen-bond acceptors (Lipinski definition) is 1. The van der Waals surface area contributed by atoms with Crippen LogP contribution in [-0.2, 0) is 6.42 Å². The molecule has 1 heteroatoms. The van der Waals surface area contributed by atoms with E-state index in [4.69, 9.17) is 4.74 Å². The van der Waals surface area contributed by atoms with Crippen molar-refractivity contribution in [1.82, 2.24) is 0 Å². The summed E-state index contributed by atoms with van der Waals surface area (Å²) in [6.45, 7) is 4.24. The Hall–Kier alpha value is -3.32. The van der Waals surface area contributed by atoms with Crippen LogP contribution in [-0.4, -0.2) is 0 Å². The Morgan fingerprint density at radius 1 is 0.500 bits per heavy atom. The summed E-state index contributed by atoms with van der Waals surface area (Å²) in [6.07, 6.45) is 0.893. The minimum absolute atomic E-state index is 0.893. The number of benzene rings is 4. The summed E-state index contributed by atoms with van der Waals surface area (Å²) < 4.78 is 6.20. The van der Waals surface area contributed by atoms with Crippen molar-refractivity contribution in [3.8, 4) is 33.8 Å². The van der Waals surface area contributed by atoms with Gasteiger partial charge in [-0.05, 0) is 71.5 Å². The normalized spacial score (nSPS) is 12.1. The molecule has 0 fully saturated rings. The SMILES string of the molecule is Cc1ccc(-c2ccc3c(c2)Cc2cc(-c4ccc(C)cc4)ccc2O3)cc1. The molecule has 0 unspecified atom stereocenters. The van der Waals surface area contributed by atoms with E-state index < -0.39 is 0 Å². The summed E-state index contributed by atoms with van der Waals surface area (Å²) >= 11 is 0. The van der Waals surface area contributed by atoms with Gasteiger partial charge < -0.3 is 4.74 Å². The summed E-state index contributed by atoms with van der Waals surface area (Å²) in [6, 6.07) is 30.4. The Morgan fingerprint density at radius 2 is 0.893 bits per heavy atom. The van der Waals surface area contributed by atoms with Crippen LogP contribution in [0.4, 0.5) is 0 Å². The zero-order chi connectivity index (χ0) is 19.1. The third-order valence-corrected chi connectivity index (χ3v) is 5.49. The first-order valence-corrected chi connectivity index (χ1v) is 9.73. The molecule has 4 aromatic carbocycles. The topological polar surface area (TPSA) is 9.23 Å². The van der Waals surface area contributed by atoms with E-state index in [1.165, 1.54) is 44.5 Å². The highest BCUT2D eigenvalue weighted by Gasteiger charge is 2.18. The average molecular weight is 362 g/mol. The number of ether oxygens (including phenoxy) is 1. The average Bonchev–Trinajstić information content (AvgIpc) is 2.72. The molecule has 0 atom stereocenters. The molecular weight excluding hydrogens is 340 g/mol. The summed E-state index contributed by atoms with van der Waals surface area (Å²) in [4.78, 5) is 0. The maximum absolute atomic E-state index is 6.20. The Labute approximate surface area is 166 Å². The van der Waals surface area contributed by atoms with Gasteiger partial charge in [-0.3, -0.25) is 0 Å². The van der Waals surface area contributed by atoms with Gasteiger partial charge in [-0.1, -0.05) is 71.8 Å². The van der Waals surface area contributed by atoms with Gasteiger partial charge in [0.2, 0.25) is 0 Å². The van der Waals surface area contributed by atoms with Gasteiger partial charge in [0.25, 0.3) is 0 Å². The summed E-state index contributed by atoms with van der Waals surface area (Å²) in [5.41, 5.74) is 10.0. The second-order valence-corrected chi connectivity index (χ2v) is 7.66. The second-order valence-electron chi connectivity index (χ2n) is 7.66. The monoisotopic (exact) mass is 362 g/mol. The number of rotatable bonds is 2. The molecule has 0 radical (unpaired) electrons. The van der Waals surface area contributed by atoms with Crippen LogP contribution in [0, 0.1) is 13.8 Å². The van der Waals surface area contributed by atoms with Crippen LogP contribution in [0.3, 0.4) is 0 Å². The van der Waals surface area contributed by atoms with Crippen molar-refractivity contribution in [3.05, 3.63) is 107 Å². The van der Waals surface area contributed by atoms with Gasteiger partial charge in [-0.2, -0.15) is 0 Å². The molecule has 1 nitrogen and oxygen atoms in total. The van der Waals surface area contributed by atoms with E-state index in [0.29, 0.717) is 0 Å². The number of fused-ring (bicyclic) bond motifs is 2. The van der Waals surface area contributed by atoms with Gasteiger partial charge in [0.05, 0.1) is 0 Å². The summed E-state index contributed by atoms with van der Waals surface area (Å²) in [5.74, 6) is 1.93. The minimum Gasteiger partial charge on any atom is -0.457 e. The predicted molar refractivity (Wildman–Crippen MR) is 116 cm³/mol. The molecule has 0 saturated heterocycles. The molecule has 0 N–H and O–H groups in total. The molecule has 0 saturated carbocycles. The fourth-order valence-electron chi connectivity index (χ4n) is 3.81. The van der Waals surface area contributed by atoms with E-state index >= 15 is 0 Å². The lowest BCUT2D eigenvalue weighted by atomic mass is 9.93. The molecule has 0 aliphatic carbocycles. The van der Waals surface area contributed by atoms with Gasteiger partial charge in [-0.15, -0.1) is 0 Å². The molecule has 0 bridgehead atoms. The van der Waals surface area contributed by atoms with Gasteiger partial charge in [0.15, 0.2) is 0 Å². The quantitative estimate of drug-likeness (QED) is 0.319. The van der Waals surface area contributed by atoms with Crippen molar-refractivity contribution < 1.29 is 4.74 Å². The van der Waals surface area contributed by atoms with Gasteiger partial charge >= 0.3 is 0 Å². The molecule has 28 heavy (non-hydrogen) atoms. The maximum Gasteiger partial charge on any atom is 0.131 e. The third-order valence-electron chi connectivity index (χ3n) is 5.49. The predicted octanol–water partition coefficient (Wildman–Crippen LogP) is 7.33.